The van der Waals surface area contributed by atoms with Crippen LogP contribution in [0.15, 0.2) is 24.3 Å². The molecule has 6 heteroatoms. The van der Waals surface area contributed by atoms with E-state index in [1.54, 1.807) is 29.2 Å². The zero-order chi connectivity index (χ0) is 18.1. The van der Waals surface area contributed by atoms with E-state index < -0.39 is 5.97 Å². The fraction of sp³-hybridized carbons (Fsp3) is 0.500. The van der Waals surface area contributed by atoms with E-state index in [0.717, 1.165) is 6.42 Å². The minimum atomic E-state index is -0.456. The van der Waals surface area contributed by atoms with Crippen LogP contribution in [0.25, 0.3) is 0 Å². The molecule has 0 aromatic heterocycles. The van der Waals surface area contributed by atoms with Gasteiger partial charge >= 0.3 is 5.97 Å². The Morgan fingerprint density at radius 2 is 1.92 bits per heavy atom. The number of benzene rings is 1. The number of hydrogen-bond donors (Lipinski definition) is 1. The topological polar surface area (TPSA) is 75.7 Å². The predicted molar refractivity (Wildman–Crippen MR) is 92.7 cm³/mol. The molecule has 0 aliphatic heterocycles. The van der Waals surface area contributed by atoms with Crippen LogP contribution in [0.5, 0.6) is 0 Å². The average Bonchev–Trinajstić information content (AvgIpc) is 2.53. The maximum absolute atomic E-state index is 12.1. The molecule has 0 fully saturated rings. The lowest BCUT2D eigenvalue weighted by atomic mass is 10.1. The molecule has 0 radical (unpaired) electrons. The van der Waals surface area contributed by atoms with Gasteiger partial charge in [-0.3, -0.25) is 9.59 Å². The molecule has 0 aliphatic rings. The molecule has 1 N–H and O–H groups in total. The van der Waals surface area contributed by atoms with E-state index in [1.165, 1.54) is 14.0 Å². The molecular weight excluding hydrogens is 308 g/mol. The highest BCUT2D eigenvalue weighted by molar-refractivity contribution is 5.94. The summed E-state index contributed by atoms with van der Waals surface area (Å²) < 4.78 is 4.65. The molecule has 6 nitrogen and oxygen atoms in total. The van der Waals surface area contributed by atoms with E-state index in [2.05, 4.69) is 23.9 Å². The second-order valence-corrected chi connectivity index (χ2v) is 6.06. The van der Waals surface area contributed by atoms with Gasteiger partial charge in [0.05, 0.1) is 12.7 Å². The molecule has 0 aliphatic carbocycles. The molecule has 132 valence electrons. The molecule has 1 rings (SSSR count). The van der Waals surface area contributed by atoms with Gasteiger partial charge in [-0.25, -0.2) is 4.79 Å². The highest BCUT2D eigenvalue weighted by Crippen LogP contribution is 2.12. The first kappa shape index (κ1) is 19.7. The third-order valence-corrected chi connectivity index (χ3v) is 3.60. The monoisotopic (exact) mass is 334 g/mol. The summed E-state index contributed by atoms with van der Waals surface area (Å²) in [6.45, 7) is 6.74. The normalized spacial score (nSPS) is 10.4. The summed E-state index contributed by atoms with van der Waals surface area (Å²) in [6, 6.07) is 6.55. The molecule has 0 unspecified atom stereocenters. The molecular formula is C18H26N2O4. The summed E-state index contributed by atoms with van der Waals surface area (Å²) in [5.41, 5.74) is 0.900. The van der Waals surface area contributed by atoms with Crippen LogP contribution in [0.1, 0.15) is 44.0 Å². The van der Waals surface area contributed by atoms with Gasteiger partial charge in [-0.05, 0) is 30.5 Å². The van der Waals surface area contributed by atoms with Crippen LogP contribution in [-0.2, 0) is 14.3 Å². The Morgan fingerprint density at radius 1 is 1.21 bits per heavy atom. The first-order valence-electron chi connectivity index (χ1n) is 8.07. The third kappa shape index (κ3) is 6.81. The van der Waals surface area contributed by atoms with Crippen molar-refractivity contribution in [2.75, 3.05) is 25.5 Å². The average molecular weight is 334 g/mol. The van der Waals surface area contributed by atoms with Crippen molar-refractivity contribution < 1.29 is 19.1 Å². The maximum Gasteiger partial charge on any atom is 0.337 e. The highest BCUT2D eigenvalue weighted by atomic mass is 16.5. The number of carbonyl (C=O) groups excluding carboxylic acids is 3. The zero-order valence-corrected chi connectivity index (χ0v) is 14.8. The van der Waals surface area contributed by atoms with Crippen LogP contribution in [0.4, 0.5) is 5.69 Å². The van der Waals surface area contributed by atoms with Crippen LogP contribution in [0.3, 0.4) is 0 Å². The van der Waals surface area contributed by atoms with Crippen molar-refractivity contribution in [3.05, 3.63) is 29.8 Å². The van der Waals surface area contributed by atoms with Crippen LogP contribution >= 0.6 is 0 Å². The summed E-state index contributed by atoms with van der Waals surface area (Å²) in [5, 5.41) is 2.74. The molecule has 0 saturated carbocycles. The zero-order valence-electron chi connectivity index (χ0n) is 14.8. The number of ether oxygens (including phenoxy) is 1. The molecule has 0 atom stereocenters. The van der Waals surface area contributed by atoms with E-state index in [4.69, 9.17) is 0 Å². The molecule has 2 amide bonds. The quantitative estimate of drug-likeness (QED) is 0.742. The van der Waals surface area contributed by atoms with Gasteiger partial charge in [-0.2, -0.15) is 0 Å². The summed E-state index contributed by atoms with van der Waals surface area (Å²) in [7, 11) is 1.31. The van der Waals surface area contributed by atoms with Crippen molar-refractivity contribution in [2.24, 2.45) is 5.92 Å². The highest BCUT2D eigenvalue weighted by Gasteiger charge is 2.12. The van der Waals surface area contributed by atoms with E-state index in [0.29, 0.717) is 30.3 Å². The van der Waals surface area contributed by atoms with Gasteiger partial charge in [0, 0.05) is 32.1 Å². The summed E-state index contributed by atoms with van der Waals surface area (Å²) in [5.74, 6) is -0.187. The number of rotatable bonds is 8. The summed E-state index contributed by atoms with van der Waals surface area (Å²) in [6.07, 6.45) is 1.11. The Kier molecular flexibility index (Phi) is 7.95. The number of amides is 2. The second-order valence-electron chi connectivity index (χ2n) is 6.06. The lowest BCUT2D eigenvalue weighted by Crippen LogP contribution is -2.33. The first-order chi connectivity index (χ1) is 11.3. The SMILES string of the molecule is COC(=O)c1cccc(NC(=O)CCN(CCC(C)C)C(C)=O)c1. The van der Waals surface area contributed by atoms with Gasteiger partial charge in [0.15, 0.2) is 0 Å². The lowest BCUT2D eigenvalue weighted by Gasteiger charge is -2.21. The van der Waals surface area contributed by atoms with Gasteiger partial charge in [0.1, 0.15) is 0 Å². The van der Waals surface area contributed by atoms with Crippen LogP contribution < -0.4 is 5.32 Å². The fourth-order valence-electron chi connectivity index (χ4n) is 2.14. The Bertz CT molecular complexity index is 584. The number of nitrogens with one attached hydrogen (secondary N) is 1. The van der Waals surface area contributed by atoms with E-state index in [-0.39, 0.29) is 18.2 Å². The fourth-order valence-corrected chi connectivity index (χ4v) is 2.14. The van der Waals surface area contributed by atoms with Crippen molar-refractivity contribution in [2.45, 2.75) is 33.6 Å². The Morgan fingerprint density at radius 3 is 2.50 bits per heavy atom. The maximum atomic E-state index is 12.1. The van der Waals surface area contributed by atoms with Gasteiger partial charge in [-0.15, -0.1) is 0 Å². The Labute approximate surface area is 143 Å². The van der Waals surface area contributed by atoms with Crippen molar-refractivity contribution in [3.8, 4) is 0 Å². The van der Waals surface area contributed by atoms with Crippen LogP contribution in [0, 0.1) is 5.92 Å². The third-order valence-electron chi connectivity index (χ3n) is 3.60. The number of nitrogens with zero attached hydrogens (tertiary/aromatic N) is 1. The van der Waals surface area contributed by atoms with Crippen molar-refractivity contribution in [1.29, 1.82) is 0 Å². The number of anilines is 1. The first-order valence-corrected chi connectivity index (χ1v) is 8.07. The number of methoxy groups -OCH3 is 1. The van der Waals surface area contributed by atoms with Crippen molar-refractivity contribution >= 4 is 23.5 Å². The van der Waals surface area contributed by atoms with Gasteiger partial charge < -0.3 is 15.0 Å². The smallest absolute Gasteiger partial charge is 0.337 e. The minimum absolute atomic E-state index is 0.0314. The lowest BCUT2D eigenvalue weighted by molar-refractivity contribution is -0.129. The molecule has 0 spiro atoms. The second kappa shape index (κ2) is 9.70. The molecule has 1 aromatic rings. The van der Waals surface area contributed by atoms with Crippen molar-refractivity contribution in [1.82, 2.24) is 4.90 Å². The van der Waals surface area contributed by atoms with E-state index >= 15 is 0 Å². The van der Waals surface area contributed by atoms with Gasteiger partial charge in [0.25, 0.3) is 0 Å². The predicted octanol–water partition coefficient (Wildman–Crippen LogP) is 2.70. The van der Waals surface area contributed by atoms with Gasteiger partial charge in [-0.1, -0.05) is 19.9 Å². The molecule has 0 bridgehead atoms. The summed E-state index contributed by atoms with van der Waals surface area (Å²) in [4.78, 5) is 36.9. The van der Waals surface area contributed by atoms with E-state index in [9.17, 15) is 14.4 Å². The number of esters is 1. The van der Waals surface area contributed by atoms with Crippen LogP contribution in [-0.4, -0.2) is 42.9 Å². The number of carbonyl (C=O) groups is 3. The van der Waals surface area contributed by atoms with Crippen LogP contribution in [0.2, 0.25) is 0 Å². The van der Waals surface area contributed by atoms with Crippen molar-refractivity contribution in [3.63, 3.8) is 0 Å². The molecule has 24 heavy (non-hydrogen) atoms. The largest absolute Gasteiger partial charge is 0.465 e. The standard InChI is InChI=1S/C18H26N2O4/c1-13(2)8-10-20(14(3)21)11-9-17(22)19-16-7-5-6-15(12-16)18(23)24-4/h5-7,12-13H,8-11H2,1-4H3,(H,19,22). The number of hydrogen-bond acceptors (Lipinski definition) is 4. The van der Waals surface area contributed by atoms with Gasteiger partial charge in [0.2, 0.25) is 11.8 Å². The molecule has 0 saturated heterocycles. The Hall–Kier alpha value is -2.37. The molecule has 0 heterocycles. The van der Waals surface area contributed by atoms with E-state index in [1.807, 2.05) is 0 Å². The Balaban J connectivity index is 2.56. The molecule has 1 aromatic carbocycles. The summed E-state index contributed by atoms with van der Waals surface area (Å²) >= 11 is 0. The minimum Gasteiger partial charge on any atom is -0.465 e.